The first-order valence-electron chi connectivity index (χ1n) is 5.03. The average molecular weight is 193 g/mol. The summed E-state index contributed by atoms with van der Waals surface area (Å²) in [6.07, 6.45) is 0. The van der Waals surface area contributed by atoms with E-state index in [1.807, 2.05) is 20.8 Å². The van der Waals surface area contributed by atoms with Crippen LogP contribution in [0.3, 0.4) is 0 Å². The fourth-order valence-electron chi connectivity index (χ4n) is 1.77. The summed E-state index contributed by atoms with van der Waals surface area (Å²) in [6.45, 7) is 11.0. The Labute approximate surface area is 86.0 Å². The van der Waals surface area contributed by atoms with Crippen molar-refractivity contribution in [1.82, 2.24) is 0 Å². The van der Waals surface area contributed by atoms with Crippen molar-refractivity contribution in [3.05, 3.63) is 22.3 Å². The number of aromatic hydroxyl groups is 1. The van der Waals surface area contributed by atoms with Gasteiger partial charge in [-0.05, 0) is 51.3 Å². The Hall–Kier alpha value is -1.18. The highest BCUT2D eigenvalue weighted by Crippen LogP contribution is 2.34. The van der Waals surface area contributed by atoms with Crippen molar-refractivity contribution in [3.8, 4) is 5.75 Å². The maximum Gasteiger partial charge on any atom is 0.123 e. The lowest BCUT2D eigenvalue weighted by Crippen LogP contribution is -2.04. The highest BCUT2D eigenvalue weighted by molar-refractivity contribution is 5.67. The lowest BCUT2D eigenvalue weighted by molar-refractivity contribution is 0.466. The van der Waals surface area contributed by atoms with Crippen LogP contribution in [0.1, 0.15) is 29.2 Å². The van der Waals surface area contributed by atoms with E-state index in [9.17, 15) is 5.11 Å². The summed E-state index contributed by atoms with van der Waals surface area (Å²) >= 11 is 0. The van der Waals surface area contributed by atoms with Crippen LogP contribution in [0.15, 0.2) is 0 Å². The summed E-state index contributed by atoms with van der Waals surface area (Å²) in [5, 5.41) is 13.2. The van der Waals surface area contributed by atoms with E-state index < -0.39 is 0 Å². The molecule has 0 saturated carbocycles. The molecule has 14 heavy (non-hydrogen) atoms. The Morgan fingerprint density at radius 2 is 1.50 bits per heavy atom. The summed E-state index contributed by atoms with van der Waals surface area (Å²) in [5.74, 6) is 0.420. The lowest BCUT2D eigenvalue weighted by Gasteiger charge is -2.17. The van der Waals surface area contributed by atoms with E-state index in [0.29, 0.717) is 5.75 Å². The van der Waals surface area contributed by atoms with Crippen LogP contribution >= 0.6 is 0 Å². The molecular weight excluding hydrogens is 174 g/mol. The van der Waals surface area contributed by atoms with Gasteiger partial charge in [0.25, 0.3) is 0 Å². The molecule has 1 aromatic carbocycles. The molecule has 1 rings (SSSR count). The molecule has 1 aromatic rings. The van der Waals surface area contributed by atoms with Gasteiger partial charge >= 0.3 is 0 Å². The molecule has 0 radical (unpaired) electrons. The standard InChI is InChI=1S/C12H19NO/c1-6-13-11-8(3)7(2)9(4)12(14)10(11)5/h13-14H,6H2,1-5H3. The van der Waals surface area contributed by atoms with E-state index in [0.717, 1.165) is 23.4 Å². The van der Waals surface area contributed by atoms with Crippen molar-refractivity contribution in [2.45, 2.75) is 34.6 Å². The van der Waals surface area contributed by atoms with Gasteiger partial charge in [-0.25, -0.2) is 0 Å². The molecule has 0 aliphatic heterocycles. The lowest BCUT2D eigenvalue weighted by atomic mass is 9.97. The minimum atomic E-state index is 0.420. The minimum Gasteiger partial charge on any atom is -0.507 e. The van der Waals surface area contributed by atoms with E-state index in [-0.39, 0.29) is 0 Å². The number of hydrogen-bond acceptors (Lipinski definition) is 2. The monoisotopic (exact) mass is 193 g/mol. The zero-order valence-corrected chi connectivity index (χ0v) is 9.65. The van der Waals surface area contributed by atoms with Gasteiger partial charge < -0.3 is 10.4 Å². The Morgan fingerprint density at radius 1 is 0.929 bits per heavy atom. The minimum absolute atomic E-state index is 0.420. The molecule has 2 N–H and O–H groups in total. The molecule has 0 saturated heterocycles. The van der Waals surface area contributed by atoms with Crippen LogP contribution in [0, 0.1) is 27.7 Å². The van der Waals surface area contributed by atoms with Gasteiger partial charge in [0, 0.05) is 17.8 Å². The predicted octanol–water partition coefficient (Wildman–Crippen LogP) is 3.06. The molecule has 0 spiro atoms. The molecule has 78 valence electrons. The second-order valence-corrected chi connectivity index (χ2v) is 3.75. The van der Waals surface area contributed by atoms with Crippen molar-refractivity contribution in [2.75, 3.05) is 11.9 Å². The van der Waals surface area contributed by atoms with Crippen LogP contribution in [0.2, 0.25) is 0 Å². The summed E-state index contributed by atoms with van der Waals surface area (Å²) in [5.41, 5.74) is 5.42. The summed E-state index contributed by atoms with van der Waals surface area (Å²) in [4.78, 5) is 0. The molecule has 0 bridgehead atoms. The topological polar surface area (TPSA) is 32.3 Å². The number of anilines is 1. The molecule has 0 aliphatic rings. The van der Waals surface area contributed by atoms with Gasteiger partial charge in [-0.3, -0.25) is 0 Å². The smallest absolute Gasteiger partial charge is 0.123 e. The van der Waals surface area contributed by atoms with Gasteiger partial charge in [-0.15, -0.1) is 0 Å². The van der Waals surface area contributed by atoms with Gasteiger partial charge in [0.05, 0.1) is 0 Å². The molecule has 2 heteroatoms. The first-order chi connectivity index (χ1) is 6.50. The second-order valence-electron chi connectivity index (χ2n) is 3.75. The van der Waals surface area contributed by atoms with Crippen molar-refractivity contribution >= 4 is 5.69 Å². The van der Waals surface area contributed by atoms with Crippen molar-refractivity contribution in [2.24, 2.45) is 0 Å². The molecule has 0 fully saturated rings. The largest absolute Gasteiger partial charge is 0.507 e. The normalized spacial score (nSPS) is 10.4. The van der Waals surface area contributed by atoms with Gasteiger partial charge in [-0.2, -0.15) is 0 Å². The van der Waals surface area contributed by atoms with Crippen LogP contribution in [0.25, 0.3) is 0 Å². The third-order valence-electron chi connectivity index (χ3n) is 2.94. The number of hydrogen-bond donors (Lipinski definition) is 2. The average Bonchev–Trinajstić information content (AvgIpc) is 2.19. The van der Waals surface area contributed by atoms with Crippen molar-refractivity contribution in [3.63, 3.8) is 0 Å². The molecule has 0 aromatic heterocycles. The van der Waals surface area contributed by atoms with E-state index in [4.69, 9.17) is 0 Å². The first-order valence-corrected chi connectivity index (χ1v) is 5.03. The van der Waals surface area contributed by atoms with E-state index in [1.165, 1.54) is 11.1 Å². The van der Waals surface area contributed by atoms with Crippen LogP contribution in [-0.2, 0) is 0 Å². The van der Waals surface area contributed by atoms with E-state index >= 15 is 0 Å². The van der Waals surface area contributed by atoms with Crippen LogP contribution in [-0.4, -0.2) is 11.7 Å². The zero-order chi connectivity index (χ0) is 10.9. The molecular formula is C12H19NO. The molecule has 0 atom stereocenters. The quantitative estimate of drug-likeness (QED) is 0.756. The number of benzene rings is 1. The SMILES string of the molecule is CCNc1c(C)c(C)c(C)c(O)c1C. The zero-order valence-electron chi connectivity index (χ0n) is 9.65. The van der Waals surface area contributed by atoms with Gasteiger partial charge in [-0.1, -0.05) is 0 Å². The van der Waals surface area contributed by atoms with Crippen molar-refractivity contribution < 1.29 is 5.11 Å². The van der Waals surface area contributed by atoms with Crippen LogP contribution in [0.4, 0.5) is 5.69 Å². The van der Waals surface area contributed by atoms with Gasteiger partial charge in [0.1, 0.15) is 5.75 Å². The molecule has 0 aliphatic carbocycles. The highest BCUT2D eigenvalue weighted by atomic mass is 16.3. The Morgan fingerprint density at radius 3 is 2.00 bits per heavy atom. The highest BCUT2D eigenvalue weighted by Gasteiger charge is 2.12. The molecule has 0 amide bonds. The predicted molar refractivity (Wildman–Crippen MR) is 61.2 cm³/mol. The number of phenols is 1. The molecule has 0 unspecified atom stereocenters. The van der Waals surface area contributed by atoms with E-state index in [2.05, 4.69) is 19.2 Å². The van der Waals surface area contributed by atoms with Crippen LogP contribution < -0.4 is 5.32 Å². The van der Waals surface area contributed by atoms with E-state index in [1.54, 1.807) is 0 Å². The first kappa shape index (κ1) is 10.9. The summed E-state index contributed by atoms with van der Waals surface area (Å²) in [6, 6.07) is 0. The maximum atomic E-state index is 9.88. The maximum absolute atomic E-state index is 9.88. The van der Waals surface area contributed by atoms with Gasteiger partial charge in [0.15, 0.2) is 0 Å². The number of rotatable bonds is 2. The fourth-order valence-corrected chi connectivity index (χ4v) is 1.77. The Balaban J connectivity index is 3.43. The Kier molecular flexibility index (Phi) is 3.04. The second kappa shape index (κ2) is 3.91. The third-order valence-corrected chi connectivity index (χ3v) is 2.94. The van der Waals surface area contributed by atoms with Gasteiger partial charge in [0.2, 0.25) is 0 Å². The molecule has 2 nitrogen and oxygen atoms in total. The number of nitrogens with one attached hydrogen (secondary N) is 1. The van der Waals surface area contributed by atoms with Crippen LogP contribution in [0.5, 0.6) is 5.75 Å². The Bertz CT molecular complexity index is 327. The number of phenolic OH excluding ortho intramolecular Hbond substituents is 1. The summed E-state index contributed by atoms with van der Waals surface area (Å²) < 4.78 is 0. The molecule has 0 heterocycles. The summed E-state index contributed by atoms with van der Waals surface area (Å²) in [7, 11) is 0. The van der Waals surface area contributed by atoms with Crippen molar-refractivity contribution in [1.29, 1.82) is 0 Å². The third kappa shape index (κ3) is 1.57. The fraction of sp³-hybridized carbons (Fsp3) is 0.500.